The Kier molecular flexibility index (Phi) is 11.0. The Labute approximate surface area is 256 Å². The monoisotopic (exact) mass is 619 g/mol. The second-order valence-electron chi connectivity index (χ2n) is 9.74. The third-order valence-corrected chi connectivity index (χ3v) is 7.56. The van der Waals surface area contributed by atoms with Crippen molar-refractivity contribution < 1.29 is 37.4 Å². The van der Waals surface area contributed by atoms with E-state index in [-0.39, 0.29) is 17.0 Å². The Balaban J connectivity index is 1.56. The molecule has 0 bridgehead atoms. The Morgan fingerprint density at radius 2 is 1.48 bits per heavy atom. The normalized spacial score (nSPS) is 12.3. The number of carboxylic acids is 1. The van der Waals surface area contributed by atoms with Gasteiger partial charge in [-0.2, -0.15) is 24.9 Å². The van der Waals surface area contributed by atoms with E-state index in [0.717, 1.165) is 29.8 Å². The Hall–Kier alpha value is -4.83. The van der Waals surface area contributed by atoms with Crippen molar-refractivity contribution in [2.24, 2.45) is 5.92 Å². The van der Waals surface area contributed by atoms with Gasteiger partial charge in [0.05, 0.1) is 17.2 Å². The van der Waals surface area contributed by atoms with Gasteiger partial charge in [0.1, 0.15) is 11.5 Å². The quantitative estimate of drug-likeness (QED) is 0.148. The molecule has 1 atom stereocenters. The van der Waals surface area contributed by atoms with Crippen molar-refractivity contribution in [3.05, 3.63) is 137 Å². The number of benzene rings is 4. The van der Waals surface area contributed by atoms with E-state index in [0.29, 0.717) is 22.8 Å². The van der Waals surface area contributed by atoms with Crippen LogP contribution in [-0.4, -0.2) is 28.5 Å². The van der Waals surface area contributed by atoms with Crippen LogP contribution in [0, 0.1) is 5.92 Å². The first-order valence-corrected chi connectivity index (χ1v) is 14.6. The van der Waals surface area contributed by atoms with Gasteiger partial charge >= 0.3 is 12.1 Å². The molecule has 2 N–H and O–H groups in total. The third-order valence-electron chi connectivity index (χ3n) is 6.38. The van der Waals surface area contributed by atoms with E-state index in [4.69, 9.17) is 4.74 Å². The number of carbonyl (C=O) groups excluding carboxylic acids is 2. The largest absolute Gasteiger partial charge is 0.481 e. The maximum atomic E-state index is 13.5. The lowest BCUT2D eigenvalue weighted by Crippen LogP contribution is -2.30. The van der Waals surface area contributed by atoms with Crippen LogP contribution in [0.3, 0.4) is 0 Å². The van der Waals surface area contributed by atoms with E-state index in [9.17, 15) is 32.7 Å². The Bertz CT molecular complexity index is 1610. The highest BCUT2D eigenvalue weighted by atomic mass is 32.2. The molecule has 0 aromatic heterocycles. The molecule has 0 saturated carbocycles. The fraction of sp³-hybridized carbons (Fsp3) is 0.147. The van der Waals surface area contributed by atoms with Gasteiger partial charge < -0.3 is 15.2 Å². The van der Waals surface area contributed by atoms with E-state index in [2.05, 4.69) is 5.32 Å². The molecule has 4 aromatic carbocycles. The second kappa shape index (κ2) is 15.1. The molecule has 226 valence electrons. The van der Waals surface area contributed by atoms with Gasteiger partial charge in [-0.1, -0.05) is 60.7 Å². The topological polar surface area (TPSA) is 92.7 Å². The van der Waals surface area contributed by atoms with Crippen LogP contribution in [0.25, 0.3) is 6.08 Å². The number of halogens is 3. The van der Waals surface area contributed by atoms with Crippen LogP contribution in [0.15, 0.2) is 115 Å². The van der Waals surface area contributed by atoms with E-state index >= 15 is 0 Å². The Morgan fingerprint density at radius 1 is 0.841 bits per heavy atom. The molecule has 0 aliphatic heterocycles. The first kappa shape index (κ1) is 32.1. The molecule has 0 radical (unpaired) electrons. The molecule has 44 heavy (non-hydrogen) atoms. The standard InChI is InChI=1S/C34H28F3NO5S/c35-34(36,37)27-16-14-25(15-17-27)32(40)38-30(19-24-10-7-13-29(18-24)43-28-11-5-2-6-12-28)31(39)20-26(33(41)42)22-44-21-23-8-3-1-4-9-23/h1-19,26H,20-22H2,(H,38,40)(H,41,42)/b30-19+/t26-/m0/s1. The molecule has 0 spiro atoms. The van der Waals surface area contributed by atoms with Crippen molar-refractivity contribution in [2.75, 3.05) is 5.75 Å². The summed E-state index contributed by atoms with van der Waals surface area (Å²) in [4.78, 5) is 38.6. The van der Waals surface area contributed by atoms with Gasteiger partial charge in [0, 0.05) is 23.5 Å². The van der Waals surface area contributed by atoms with Gasteiger partial charge in [-0.05, 0) is 65.7 Å². The van der Waals surface area contributed by atoms with Gasteiger partial charge in [0.2, 0.25) is 0 Å². The van der Waals surface area contributed by atoms with Crippen molar-refractivity contribution >= 4 is 35.5 Å². The molecule has 1 amide bonds. The summed E-state index contributed by atoms with van der Waals surface area (Å²) in [6.45, 7) is 0. The highest BCUT2D eigenvalue weighted by Gasteiger charge is 2.30. The lowest BCUT2D eigenvalue weighted by molar-refractivity contribution is -0.142. The average molecular weight is 620 g/mol. The van der Waals surface area contributed by atoms with E-state index in [1.165, 1.54) is 17.8 Å². The van der Waals surface area contributed by atoms with Crippen LogP contribution in [0.4, 0.5) is 13.2 Å². The summed E-state index contributed by atoms with van der Waals surface area (Å²) in [5, 5.41) is 12.3. The molecule has 0 aliphatic rings. The maximum absolute atomic E-state index is 13.5. The van der Waals surface area contributed by atoms with Crippen LogP contribution in [0.5, 0.6) is 11.5 Å². The summed E-state index contributed by atoms with van der Waals surface area (Å²) in [7, 11) is 0. The lowest BCUT2D eigenvalue weighted by Gasteiger charge is -2.15. The smallest absolute Gasteiger partial charge is 0.416 e. The number of hydrogen-bond donors (Lipinski definition) is 2. The van der Waals surface area contributed by atoms with Gasteiger partial charge in [-0.25, -0.2) is 0 Å². The summed E-state index contributed by atoms with van der Waals surface area (Å²) in [5.41, 5.74) is 0.250. The molecule has 0 aliphatic carbocycles. The number of ether oxygens (including phenoxy) is 1. The number of nitrogens with one attached hydrogen (secondary N) is 1. The highest BCUT2D eigenvalue weighted by molar-refractivity contribution is 7.98. The molecular formula is C34H28F3NO5S. The summed E-state index contributed by atoms with van der Waals surface area (Å²) in [6.07, 6.45) is -3.60. The van der Waals surface area contributed by atoms with E-state index in [1.54, 1.807) is 36.4 Å². The van der Waals surface area contributed by atoms with Gasteiger partial charge in [-0.15, -0.1) is 0 Å². The number of thioether (sulfide) groups is 1. The van der Waals surface area contributed by atoms with Crippen molar-refractivity contribution in [3.63, 3.8) is 0 Å². The first-order valence-electron chi connectivity index (χ1n) is 13.5. The number of ketones is 1. The molecule has 0 heterocycles. The Morgan fingerprint density at radius 3 is 2.11 bits per heavy atom. The van der Waals surface area contributed by atoms with Crippen LogP contribution < -0.4 is 10.1 Å². The van der Waals surface area contributed by atoms with E-state index < -0.39 is 41.7 Å². The van der Waals surface area contributed by atoms with Crippen molar-refractivity contribution in [2.45, 2.75) is 18.3 Å². The number of carboxylic acid groups (broad SMARTS) is 1. The number of rotatable bonds is 13. The van der Waals surface area contributed by atoms with Crippen molar-refractivity contribution in [1.29, 1.82) is 0 Å². The predicted molar refractivity (Wildman–Crippen MR) is 163 cm³/mol. The third kappa shape index (κ3) is 9.60. The lowest BCUT2D eigenvalue weighted by atomic mass is 10.0. The molecule has 0 saturated heterocycles. The van der Waals surface area contributed by atoms with Gasteiger partial charge in [0.15, 0.2) is 5.78 Å². The molecule has 0 fully saturated rings. The second-order valence-corrected chi connectivity index (χ2v) is 10.8. The van der Waals surface area contributed by atoms with Crippen LogP contribution in [-0.2, 0) is 21.5 Å². The van der Waals surface area contributed by atoms with E-state index in [1.807, 2.05) is 48.5 Å². The number of amides is 1. The number of allylic oxidation sites excluding steroid dienone is 1. The number of Topliss-reactive ketones (excluding diaryl/α,β-unsaturated/α-hetero) is 1. The average Bonchev–Trinajstić information content (AvgIpc) is 3.01. The number of carbonyl (C=O) groups is 3. The molecule has 4 rings (SSSR count). The fourth-order valence-corrected chi connectivity index (χ4v) is 5.19. The zero-order valence-electron chi connectivity index (χ0n) is 23.3. The molecular weight excluding hydrogens is 591 g/mol. The summed E-state index contributed by atoms with van der Waals surface area (Å²) in [6, 6.07) is 28.7. The number of hydrogen-bond acceptors (Lipinski definition) is 5. The van der Waals surface area contributed by atoms with Crippen molar-refractivity contribution in [3.8, 4) is 11.5 Å². The van der Waals surface area contributed by atoms with Crippen LogP contribution >= 0.6 is 11.8 Å². The summed E-state index contributed by atoms with van der Waals surface area (Å²) in [5.74, 6) is -1.94. The molecule has 10 heteroatoms. The summed E-state index contributed by atoms with van der Waals surface area (Å²) >= 11 is 1.37. The SMILES string of the molecule is O=C(C[C@@H](CSCc1ccccc1)C(=O)O)/C(=C\c1cccc(Oc2ccccc2)c1)NC(=O)c1ccc(C(F)(F)F)cc1. The molecule has 4 aromatic rings. The first-order chi connectivity index (χ1) is 21.1. The summed E-state index contributed by atoms with van der Waals surface area (Å²) < 4.78 is 44.9. The minimum atomic E-state index is -4.58. The van der Waals surface area contributed by atoms with Gasteiger partial charge in [-0.3, -0.25) is 14.4 Å². The number of aliphatic carboxylic acids is 1. The molecule has 0 unspecified atom stereocenters. The number of para-hydroxylation sites is 1. The zero-order chi connectivity index (χ0) is 31.5. The zero-order valence-corrected chi connectivity index (χ0v) is 24.1. The van der Waals surface area contributed by atoms with Gasteiger partial charge in [0.25, 0.3) is 5.91 Å². The van der Waals surface area contributed by atoms with Crippen LogP contribution in [0.1, 0.15) is 33.5 Å². The predicted octanol–water partition coefficient (Wildman–Crippen LogP) is 7.86. The van der Waals surface area contributed by atoms with Crippen LogP contribution in [0.2, 0.25) is 0 Å². The van der Waals surface area contributed by atoms with Crippen molar-refractivity contribution in [1.82, 2.24) is 5.32 Å². The number of alkyl halides is 3. The molecule has 6 nitrogen and oxygen atoms in total. The highest BCUT2D eigenvalue weighted by Crippen LogP contribution is 2.29. The minimum absolute atomic E-state index is 0.105. The fourth-order valence-electron chi connectivity index (χ4n) is 4.10. The maximum Gasteiger partial charge on any atom is 0.416 e. The minimum Gasteiger partial charge on any atom is -0.481 e.